The average Bonchev–Trinajstić information content (AvgIpc) is 2.15. The van der Waals surface area contributed by atoms with Crippen LogP contribution in [0.2, 0.25) is 0 Å². The second kappa shape index (κ2) is 4.14. The third-order valence-electron chi connectivity index (χ3n) is 1.45. The van der Waals surface area contributed by atoms with Gasteiger partial charge >= 0.3 is 5.97 Å². The molecule has 0 aliphatic heterocycles. The van der Waals surface area contributed by atoms with Crippen LogP contribution in [0.3, 0.4) is 0 Å². The van der Waals surface area contributed by atoms with Crippen LogP contribution in [0.4, 0.5) is 4.39 Å². The zero-order chi connectivity index (χ0) is 10.6. The minimum Gasteiger partial charge on any atom is -0.478 e. The Morgan fingerprint density at radius 3 is 3.00 bits per heavy atom. The Kier molecular flexibility index (Phi) is 2.92. The van der Waals surface area contributed by atoms with Crippen LogP contribution in [0.5, 0.6) is 0 Å². The summed E-state index contributed by atoms with van der Waals surface area (Å²) >= 11 is 0. The number of aliphatic carboxylic acids is 1. The van der Waals surface area contributed by atoms with E-state index in [9.17, 15) is 9.18 Å². The molecule has 0 atom stereocenters. The van der Waals surface area contributed by atoms with E-state index >= 15 is 0 Å². The molecule has 0 bridgehead atoms. The van der Waals surface area contributed by atoms with Crippen LogP contribution in [-0.2, 0) is 4.79 Å². The molecule has 0 unspecified atom stereocenters. The molecular formula is C9H5FN2O2. The molecule has 0 aliphatic rings. The fourth-order valence-corrected chi connectivity index (χ4v) is 0.858. The van der Waals surface area contributed by atoms with E-state index in [-0.39, 0.29) is 11.1 Å². The number of carboxylic acids is 1. The van der Waals surface area contributed by atoms with Crippen molar-refractivity contribution in [2.24, 2.45) is 0 Å². The first-order valence-corrected chi connectivity index (χ1v) is 3.60. The summed E-state index contributed by atoms with van der Waals surface area (Å²) in [6, 6.07) is 3.05. The van der Waals surface area contributed by atoms with Crippen LogP contribution in [0.15, 0.2) is 18.3 Å². The quantitative estimate of drug-likeness (QED) is 0.564. The van der Waals surface area contributed by atoms with E-state index in [4.69, 9.17) is 10.4 Å². The third kappa shape index (κ3) is 2.14. The Bertz CT molecular complexity index is 435. The van der Waals surface area contributed by atoms with E-state index in [1.807, 2.05) is 0 Å². The Labute approximate surface area is 78.9 Å². The molecule has 0 aromatic carbocycles. The number of halogens is 1. The van der Waals surface area contributed by atoms with Gasteiger partial charge in [0.05, 0.1) is 11.6 Å². The van der Waals surface area contributed by atoms with Crippen LogP contribution in [0.25, 0.3) is 6.08 Å². The first-order valence-electron chi connectivity index (χ1n) is 3.60. The molecule has 1 rings (SSSR count). The van der Waals surface area contributed by atoms with E-state index in [0.29, 0.717) is 0 Å². The SMILES string of the molecule is N#Cc1ccnc(F)c1C=CC(=O)O. The largest absolute Gasteiger partial charge is 0.478 e. The summed E-state index contributed by atoms with van der Waals surface area (Å²) < 4.78 is 13.0. The number of pyridine rings is 1. The number of carboxylic acid groups (broad SMARTS) is 1. The highest BCUT2D eigenvalue weighted by atomic mass is 19.1. The molecule has 1 aromatic heterocycles. The van der Waals surface area contributed by atoms with Gasteiger partial charge in [-0.05, 0) is 12.1 Å². The molecule has 0 aliphatic carbocycles. The smallest absolute Gasteiger partial charge is 0.328 e. The molecule has 0 radical (unpaired) electrons. The lowest BCUT2D eigenvalue weighted by molar-refractivity contribution is -0.131. The minimum atomic E-state index is -1.21. The van der Waals surface area contributed by atoms with Crippen molar-refractivity contribution < 1.29 is 14.3 Å². The fraction of sp³-hybridized carbons (Fsp3) is 0. The average molecular weight is 192 g/mol. The van der Waals surface area contributed by atoms with Gasteiger partial charge in [-0.25, -0.2) is 9.78 Å². The van der Waals surface area contributed by atoms with Crippen LogP contribution >= 0.6 is 0 Å². The normalized spacial score (nSPS) is 10.0. The maximum atomic E-state index is 13.0. The standard InChI is InChI=1S/C9H5FN2O2/c10-9-7(1-2-8(13)14)6(5-11)3-4-12-9/h1-4H,(H,13,14). The van der Waals surface area contributed by atoms with Gasteiger partial charge in [-0.3, -0.25) is 0 Å². The van der Waals surface area contributed by atoms with E-state index in [2.05, 4.69) is 4.98 Å². The van der Waals surface area contributed by atoms with Crippen LogP contribution in [-0.4, -0.2) is 16.1 Å². The van der Waals surface area contributed by atoms with E-state index in [0.717, 1.165) is 18.3 Å². The zero-order valence-corrected chi connectivity index (χ0v) is 6.94. The second-order valence-corrected chi connectivity index (χ2v) is 2.35. The fourth-order valence-electron chi connectivity index (χ4n) is 0.858. The Balaban J connectivity index is 3.19. The molecule has 70 valence electrons. The number of aromatic nitrogens is 1. The summed E-state index contributed by atoms with van der Waals surface area (Å²) in [4.78, 5) is 13.5. The summed E-state index contributed by atoms with van der Waals surface area (Å²) in [5, 5.41) is 16.9. The molecule has 5 heteroatoms. The molecule has 1 aromatic rings. The molecule has 0 saturated heterocycles. The molecule has 0 saturated carbocycles. The number of nitriles is 1. The van der Waals surface area contributed by atoms with Crippen molar-refractivity contribution in [3.63, 3.8) is 0 Å². The highest BCUT2D eigenvalue weighted by Crippen LogP contribution is 2.11. The minimum absolute atomic E-state index is 0.0509. The Hall–Kier alpha value is -2.22. The first kappa shape index (κ1) is 9.86. The van der Waals surface area contributed by atoms with Gasteiger partial charge in [0, 0.05) is 17.8 Å². The van der Waals surface area contributed by atoms with Crippen molar-refractivity contribution in [2.75, 3.05) is 0 Å². The summed E-state index contributed by atoms with van der Waals surface area (Å²) in [5.41, 5.74) is -0.0626. The van der Waals surface area contributed by atoms with E-state index in [1.165, 1.54) is 6.07 Å². The predicted molar refractivity (Wildman–Crippen MR) is 45.6 cm³/mol. The number of hydrogen-bond acceptors (Lipinski definition) is 3. The topological polar surface area (TPSA) is 74.0 Å². The van der Waals surface area contributed by atoms with Crippen molar-refractivity contribution in [3.8, 4) is 6.07 Å². The predicted octanol–water partition coefficient (Wildman–Crippen LogP) is 1.19. The van der Waals surface area contributed by atoms with Crippen LogP contribution < -0.4 is 0 Å². The number of rotatable bonds is 2. The van der Waals surface area contributed by atoms with Gasteiger partial charge in [-0.2, -0.15) is 9.65 Å². The molecule has 0 spiro atoms. The van der Waals surface area contributed by atoms with Crippen LogP contribution in [0, 0.1) is 17.3 Å². The zero-order valence-electron chi connectivity index (χ0n) is 6.94. The van der Waals surface area contributed by atoms with E-state index in [1.54, 1.807) is 6.07 Å². The Morgan fingerprint density at radius 1 is 1.71 bits per heavy atom. The van der Waals surface area contributed by atoms with Crippen molar-refractivity contribution in [3.05, 3.63) is 35.4 Å². The number of carbonyl (C=O) groups is 1. The molecule has 0 fully saturated rings. The van der Waals surface area contributed by atoms with Crippen molar-refractivity contribution in [1.29, 1.82) is 5.26 Å². The van der Waals surface area contributed by atoms with Crippen molar-refractivity contribution in [2.45, 2.75) is 0 Å². The third-order valence-corrected chi connectivity index (χ3v) is 1.45. The highest BCUT2D eigenvalue weighted by molar-refractivity contribution is 5.85. The maximum Gasteiger partial charge on any atom is 0.328 e. The molecule has 1 N–H and O–H groups in total. The van der Waals surface area contributed by atoms with Gasteiger partial charge in [0.2, 0.25) is 5.95 Å². The van der Waals surface area contributed by atoms with Gasteiger partial charge in [0.15, 0.2) is 0 Å². The van der Waals surface area contributed by atoms with Crippen LogP contribution in [0.1, 0.15) is 11.1 Å². The molecule has 1 heterocycles. The second-order valence-electron chi connectivity index (χ2n) is 2.35. The molecule has 14 heavy (non-hydrogen) atoms. The number of hydrogen-bond donors (Lipinski definition) is 1. The molecule has 4 nitrogen and oxygen atoms in total. The lowest BCUT2D eigenvalue weighted by Gasteiger charge is -1.96. The summed E-state index contributed by atoms with van der Waals surface area (Å²) in [7, 11) is 0. The van der Waals surface area contributed by atoms with Gasteiger partial charge < -0.3 is 5.11 Å². The lowest BCUT2D eigenvalue weighted by atomic mass is 10.1. The maximum absolute atomic E-state index is 13.0. The Morgan fingerprint density at radius 2 is 2.43 bits per heavy atom. The van der Waals surface area contributed by atoms with E-state index < -0.39 is 11.9 Å². The number of nitrogens with zero attached hydrogens (tertiary/aromatic N) is 2. The van der Waals surface area contributed by atoms with Crippen molar-refractivity contribution in [1.82, 2.24) is 4.98 Å². The van der Waals surface area contributed by atoms with Crippen molar-refractivity contribution >= 4 is 12.0 Å². The van der Waals surface area contributed by atoms with Gasteiger partial charge in [0.1, 0.15) is 0 Å². The lowest BCUT2D eigenvalue weighted by Crippen LogP contribution is -1.93. The van der Waals surface area contributed by atoms with Gasteiger partial charge in [-0.1, -0.05) is 0 Å². The van der Waals surface area contributed by atoms with Gasteiger partial charge in [0.25, 0.3) is 0 Å². The summed E-state index contributed by atoms with van der Waals surface area (Å²) in [6.07, 6.45) is 2.90. The first-order chi connectivity index (χ1) is 6.65. The van der Waals surface area contributed by atoms with Gasteiger partial charge in [-0.15, -0.1) is 0 Å². The molecule has 0 amide bonds. The summed E-state index contributed by atoms with van der Waals surface area (Å²) in [6.45, 7) is 0. The highest BCUT2D eigenvalue weighted by Gasteiger charge is 2.05. The monoisotopic (exact) mass is 192 g/mol. The summed E-state index contributed by atoms with van der Waals surface area (Å²) in [5.74, 6) is -2.07. The molecular weight excluding hydrogens is 187 g/mol.